The van der Waals surface area contributed by atoms with Crippen molar-refractivity contribution in [3.05, 3.63) is 31.8 Å². The maximum absolute atomic E-state index is 12.3. The van der Waals surface area contributed by atoms with Gasteiger partial charge in [-0.2, -0.15) is 0 Å². The summed E-state index contributed by atoms with van der Waals surface area (Å²) in [6.45, 7) is 6.58. The molecule has 20 heavy (non-hydrogen) atoms. The minimum Gasteiger partial charge on any atom is -0.349 e. The Morgan fingerprint density at radius 3 is 2.65 bits per heavy atom. The fourth-order valence-electron chi connectivity index (χ4n) is 2.49. The van der Waals surface area contributed by atoms with Crippen molar-refractivity contribution in [1.82, 2.24) is 10.2 Å². The molecule has 0 atom stereocenters. The number of nitrogens with zero attached hydrogens (tertiary/aromatic N) is 1. The van der Waals surface area contributed by atoms with E-state index in [2.05, 4.69) is 62.6 Å². The molecule has 0 unspecified atom stereocenters. The highest BCUT2D eigenvalue weighted by Gasteiger charge is 2.23. The van der Waals surface area contributed by atoms with Gasteiger partial charge in [-0.15, -0.1) is 0 Å². The van der Waals surface area contributed by atoms with Crippen LogP contribution in [0, 0.1) is 3.57 Å². The fourth-order valence-corrected chi connectivity index (χ4v) is 3.41. The number of benzene rings is 1. The van der Waals surface area contributed by atoms with E-state index in [0.717, 1.165) is 39.5 Å². The van der Waals surface area contributed by atoms with Gasteiger partial charge in [0.1, 0.15) is 0 Å². The molecule has 0 bridgehead atoms. The van der Waals surface area contributed by atoms with Gasteiger partial charge in [-0.1, -0.05) is 0 Å². The number of halogens is 2. The Hall–Kier alpha value is -0.140. The second-order valence-corrected chi connectivity index (χ2v) is 7.60. The van der Waals surface area contributed by atoms with Crippen LogP contribution in [-0.4, -0.2) is 36.0 Å². The van der Waals surface area contributed by atoms with Gasteiger partial charge in [0, 0.05) is 33.2 Å². The lowest BCUT2D eigenvalue weighted by molar-refractivity contribution is 0.0900. The number of rotatable bonds is 3. The third kappa shape index (κ3) is 4.18. The van der Waals surface area contributed by atoms with Crippen molar-refractivity contribution in [2.45, 2.75) is 38.8 Å². The van der Waals surface area contributed by atoms with Gasteiger partial charge in [-0.05, 0) is 83.4 Å². The molecule has 1 N–H and O–H groups in total. The molecule has 5 heteroatoms. The predicted molar refractivity (Wildman–Crippen MR) is 94.1 cm³/mol. The van der Waals surface area contributed by atoms with Crippen LogP contribution in [0.5, 0.6) is 0 Å². The van der Waals surface area contributed by atoms with E-state index in [9.17, 15) is 4.79 Å². The highest BCUT2D eigenvalue weighted by Crippen LogP contribution is 2.20. The minimum atomic E-state index is 0.0263. The summed E-state index contributed by atoms with van der Waals surface area (Å²) in [4.78, 5) is 14.8. The van der Waals surface area contributed by atoms with Crippen LogP contribution >= 0.6 is 38.5 Å². The molecule has 2 rings (SSSR count). The summed E-state index contributed by atoms with van der Waals surface area (Å²) in [6.07, 6.45) is 2.07. The number of amides is 1. The number of nitrogens with one attached hydrogen (secondary N) is 1. The Kier molecular flexibility index (Phi) is 5.86. The zero-order chi connectivity index (χ0) is 14.7. The van der Waals surface area contributed by atoms with Crippen molar-refractivity contribution >= 4 is 44.4 Å². The summed E-state index contributed by atoms with van der Waals surface area (Å²) < 4.78 is 1.93. The maximum Gasteiger partial charge on any atom is 0.252 e. The summed E-state index contributed by atoms with van der Waals surface area (Å²) in [5.74, 6) is 0.0263. The lowest BCUT2D eigenvalue weighted by Gasteiger charge is -2.34. The van der Waals surface area contributed by atoms with Gasteiger partial charge in [-0.3, -0.25) is 4.79 Å². The van der Waals surface area contributed by atoms with Crippen molar-refractivity contribution in [1.29, 1.82) is 0 Å². The standard InChI is InChI=1S/C15H20BrIN2O/c1-10(2)19-7-5-12(6-8-19)18-15(20)13-9-11(17)3-4-14(13)16/h3-4,9-10,12H,5-8H2,1-2H3,(H,18,20). The average Bonchev–Trinajstić information content (AvgIpc) is 2.42. The molecule has 110 valence electrons. The fraction of sp³-hybridized carbons (Fsp3) is 0.533. The second-order valence-electron chi connectivity index (χ2n) is 5.50. The first kappa shape index (κ1) is 16.2. The van der Waals surface area contributed by atoms with Crippen molar-refractivity contribution in [3.63, 3.8) is 0 Å². The highest BCUT2D eigenvalue weighted by molar-refractivity contribution is 14.1. The first-order valence-electron chi connectivity index (χ1n) is 6.97. The molecule has 1 aliphatic rings. The molecular formula is C15H20BrIN2O. The average molecular weight is 451 g/mol. The summed E-state index contributed by atoms with van der Waals surface area (Å²) in [7, 11) is 0. The molecular weight excluding hydrogens is 431 g/mol. The zero-order valence-electron chi connectivity index (χ0n) is 11.8. The molecule has 0 saturated carbocycles. The van der Waals surface area contributed by atoms with Crippen molar-refractivity contribution in [3.8, 4) is 0 Å². The van der Waals surface area contributed by atoms with E-state index in [-0.39, 0.29) is 5.91 Å². The Morgan fingerprint density at radius 2 is 2.05 bits per heavy atom. The maximum atomic E-state index is 12.3. The van der Waals surface area contributed by atoms with Crippen LogP contribution in [0.2, 0.25) is 0 Å². The van der Waals surface area contributed by atoms with Crippen molar-refractivity contribution < 1.29 is 4.79 Å². The van der Waals surface area contributed by atoms with E-state index in [1.54, 1.807) is 0 Å². The number of hydrogen-bond donors (Lipinski definition) is 1. The molecule has 0 spiro atoms. The molecule has 1 aliphatic heterocycles. The first-order valence-corrected chi connectivity index (χ1v) is 8.84. The lowest BCUT2D eigenvalue weighted by Crippen LogP contribution is -2.46. The summed E-state index contributed by atoms with van der Waals surface area (Å²) in [5.41, 5.74) is 0.725. The zero-order valence-corrected chi connectivity index (χ0v) is 15.6. The van der Waals surface area contributed by atoms with E-state index in [0.29, 0.717) is 12.1 Å². The molecule has 0 aliphatic carbocycles. The highest BCUT2D eigenvalue weighted by atomic mass is 127. The number of likely N-dealkylation sites (tertiary alicyclic amines) is 1. The normalized spacial score (nSPS) is 17.4. The Morgan fingerprint density at radius 1 is 1.40 bits per heavy atom. The van der Waals surface area contributed by atoms with E-state index in [1.165, 1.54) is 0 Å². The van der Waals surface area contributed by atoms with Crippen LogP contribution < -0.4 is 5.32 Å². The first-order chi connectivity index (χ1) is 9.47. The molecule has 0 aromatic heterocycles. The molecule has 0 radical (unpaired) electrons. The van der Waals surface area contributed by atoms with E-state index >= 15 is 0 Å². The number of carbonyl (C=O) groups is 1. The quantitative estimate of drug-likeness (QED) is 0.712. The van der Waals surface area contributed by atoms with Crippen LogP contribution in [0.1, 0.15) is 37.0 Å². The topological polar surface area (TPSA) is 32.3 Å². The van der Waals surface area contributed by atoms with Gasteiger partial charge in [0.2, 0.25) is 0 Å². The largest absolute Gasteiger partial charge is 0.349 e. The Balaban J connectivity index is 1.94. The van der Waals surface area contributed by atoms with Crippen LogP contribution in [0.4, 0.5) is 0 Å². The van der Waals surface area contributed by atoms with Crippen molar-refractivity contribution in [2.75, 3.05) is 13.1 Å². The van der Waals surface area contributed by atoms with Gasteiger partial charge in [0.15, 0.2) is 0 Å². The van der Waals surface area contributed by atoms with E-state index in [4.69, 9.17) is 0 Å². The Labute approximate surface area is 142 Å². The van der Waals surface area contributed by atoms with Crippen LogP contribution in [0.15, 0.2) is 22.7 Å². The molecule has 1 fully saturated rings. The minimum absolute atomic E-state index is 0.0263. The molecule has 3 nitrogen and oxygen atoms in total. The summed E-state index contributed by atoms with van der Waals surface area (Å²) in [5, 5.41) is 3.16. The van der Waals surface area contributed by atoms with Gasteiger partial charge < -0.3 is 10.2 Å². The Bertz CT molecular complexity index is 485. The molecule has 1 aromatic rings. The summed E-state index contributed by atoms with van der Waals surface area (Å²) >= 11 is 5.68. The molecule has 1 heterocycles. The van der Waals surface area contributed by atoms with Gasteiger partial charge in [0.25, 0.3) is 5.91 Å². The number of piperidine rings is 1. The summed E-state index contributed by atoms with van der Waals surface area (Å²) in [6, 6.07) is 6.72. The SMILES string of the molecule is CC(C)N1CCC(NC(=O)c2cc(I)ccc2Br)CC1. The molecule has 1 aromatic carbocycles. The number of carbonyl (C=O) groups excluding carboxylic acids is 1. The number of hydrogen-bond acceptors (Lipinski definition) is 2. The van der Waals surface area contributed by atoms with Gasteiger partial charge in [-0.25, -0.2) is 0 Å². The monoisotopic (exact) mass is 450 g/mol. The van der Waals surface area contributed by atoms with E-state index < -0.39 is 0 Å². The third-order valence-electron chi connectivity index (χ3n) is 3.77. The predicted octanol–water partition coefficient (Wildman–Crippen LogP) is 3.66. The van der Waals surface area contributed by atoms with Gasteiger partial charge >= 0.3 is 0 Å². The van der Waals surface area contributed by atoms with Crippen LogP contribution in [-0.2, 0) is 0 Å². The van der Waals surface area contributed by atoms with Gasteiger partial charge in [0.05, 0.1) is 5.56 Å². The van der Waals surface area contributed by atoms with Crippen LogP contribution in [0.25, 0.3) is 0 Å². The lowest BCUT2D eigenvalue weighted by atomic mass is 10.0. The smallest absolute Gasteiger partial charge is 0.252 e. The van der Waals surface area contributed by atoms with E-state index in [1.807, 2.05) is 18.2 Å². The third-order valence-corrected chi connectivity index (χ3v) is 5.13. The van der Waals surface area contributed by atoms with Crippen molar-refractivity contribution in [2.24, 2.45) is 0 Å². The second kappa shape index (κ2) is 7.22. The molecule has 1 saturated heterocycles. The van der Waals surface area contributed by atoms with Crippen LogP contribution in [0.3, 0.4) is 0 Å². The molecule has 1 amide bonds.